The fourth-order valence-electron chi connectivity index (χ4n) is 2.06. The second-order valence-corrected chi connectivity index (χ2v) is 6.83. The van der Waals surface area contributed by atoms with Crippen molar-refractivity contribution in [3.8, 4) is 0 Å². The fourth-order valence-corrected chi connectivity index (χ4v) is 2.06. The van der Waals surface area contributed by atoms with E-state index in [1.54, 1.807) is 0 Å². The highest BCUT2D eigenvalue weighted by Gasteiger charge is 2.19. The Kier molecular flexibility index (Phi) is 4.44. The fraction of sp³-hybridized carbons (Fsp3) is 0.625. The van der Waals surface area contributed by atoms with Crippen molar-refractivity contribution < 1.29 is 0 Å². The number of benzene rings is 1. The topological polar surface area (TPSA) is 38.0 Å². The summed E-state index contributed by atoms with van der Waals surface area (Å²) in [6.45, 7) is 14.0. The van der Waals surface area contributed by atoms with Gasteiger partial charge in [-0.1, -0.05) is 32.9 Å². The molecule has 0 aliphatic heterocycles. The molecule has 18 heavy (non-hydrogen) atoms. The Morgan fingerprint density at radius 3 is 2.17 bits per heavy atom. The van der Waals surface area contributed by atoms with Crippen LogP contribution in [0.3, 0.4) is 0 Å². The molecular formula is C16H28N2. The first-order valence-corrected chi connectivity index (χ1v) is 6.75. The Balaban J connectivity index is 2.93. The summed E-state index contributed by atoms with van der Waals surface area (Å²) >= 11 is 0. The molecule has 0 saturated carbocycles. The highest BCUT2D eigenvalue weighted by Crippen LogP contribution is 2.28. The number of nitrogens with two attached hydrogens (primary N) is 1. The molecule has 1 aromatic rings. The minimum atomic E-state index is 0.0444. The first kappa shape index (κ1) is 15.0. The third kappa shape index (κ3) is 4.02. The number of anilines is 1. The van der Waals surface area contributed by atoms with E-state index >= 15 is 0 Å². The summed E-state index contributed by atoms with van der Waals surface area (Å²) in [6, 6.07) is 6.68. The van der Waals surface area contributed by atoms with Crippen molar-refractivity contribution in [2.45, 2.75) is 58.9 Å². The van der Waals surface area contributed by atoms with Crippen molar-refractivity contribution in [3.63, 3.8) is 0 Å². The summed E-state index contributed by atoms with van der Waals surface area (Å²) in [5.41, 5.74) is 9.78. The van der Waals surface area contributed by atoms with E-state index in [-0.39, 0.29) is 11.0 Å². The maximum absolute atomic E-state index is 5.65. The summed E-state index contributed by atoms with van der Waals surface area (Å²) in [5.74, 6) is 0. The summed E-state index contributed by atoms with van der Waals surface area (Å²) in [5, 5.41) is 3.59. The van der Waals surface area contributed by atoms with Crippen LogP contribution in [0.4, 0.5) is 5.69 Å². The van der Waals surface area contributed by atoms with Gasteiger partial charge >= 0.3 is 0 Å². The van der Waals surface area contributed by atoms with Crippen LogP contribution in [0.1, 0.15) is 52.2 Å². The lowest BCUT2D eigenvalue weighted by atomic mass is 9.86. The zero-order valence-corrected chi connectivity index (χ0v) is 12.7. The van der Waals surface area contributed by atoms with Crippen LogP contribution < -0.4 is 11.1 Å². The van der Waals surface area contributed by atoms with E-state index in [4.69, 9.17) is 5.73 Å². The minimum Gasteiger partial charge on any atom is -0.380 e. The molecule has 0 aromatic heterocycles. The number of hydrogen-bond acceptors (Lipinski definition) is 2. The summed E-state index contributed by atoms with van der Waals surface area (Å²) in [7, 11) is 0. The van der Waals surface area contributed by atoms with Gasteiger partial charge in [-0.05, 0) is 56.3 Å². The molecule has 1 rings (SSSR count). The number of hydrogen-bond donors (Lipinski definition) is 2. The van der Waals surface area contributed by atoms with E-state index in [0.29, 0.717) is 6.54 Å². The molecule has 0 heterocycles. The van der Waals surface area contributed by atoms with Crippen LogP contribution in [0.25, 0.3) is 0 Å². The molecule has 2 heteroatoms. The molecule has 1 aromatic carbocycles. The van der Waals surface area contributed by atoms with E-state index in [1.807, 2.05) is 0 Å². The largest absolute Gasteiger partial charge is 0.380 e. The SMILES string of the molecule is Cc1cc(C(C)(C)C)ccc1NC(C)(C)CCN. The second-order valence-electron chi connectivity index (χ2n) is 6.83. The van der Waals surface area contributed by atoms with Gasteiger partial charge in [0.15, 0.2) is 0 Å². The second kappa shape index (κ2) is 5.31. The molecule has 0 fully saturated rings. The molecule has 0 spiro atoms. The van der Waals surface area contributed by atoms with Crippen molar-refractivity contribution >= 4 is 5.69 Å². The lowest BCUT2D eigenvalue weighted by molar-refractivity contribution is 0.526. The van der Waals surface area contributed by atoms with Gasteiger partial charge in [0.25, 0.3) is 0 Å². The van der Waals surface area contributed by atoms with Gasteiger partial charge in [-0.25, -0.2) is 0 Å². The predicted molar refractivity (Wildman–Crippen MR) is 81.3 cm³/mol. The van der Waals surface area contributed by atoms with Gasteiger partial charge in [-0.3, -0.25) is 0 Å². The van der Waals surface area contributed by atoms with Gasteiger partial charge in [0.2, 0.25) is 0 Å². The Bertz CT molecular complexity index is 400. The third-order valence-corrected chi connectivity index (χ3v) is 3.33. The maximum Gasteiger partial charge on any atom is 0.0374 e. The van der Waals surface area contributed by atoms with Crippen LogP contribution in [0.15, 0.2) is 18.2 Å². The first-order valence-electron chi connectivity index (χ1n) is 6.75. The highest BCUT2D eigenvalue weighted by atomic mass is 15.0. The molecule has 2 nitrogen and oxygen atoms in total. The van der Waals surface area contributed by atoms with Crippen LogP contribution >= 0.6 is 0 Å². The van der Waals surface area contributed by atoms with Crippen molar-refractivity contribution in [2.75, 3.05) is 11.9 Å². The molecular weight excluding hydrogens is 220 g/mol. The maximum atomic E-state index is 5.65. The van der Waals surface area contributed by atoms with Gasteiger partial charge < -0.3 is 11.1 Å². The predicted octanol–water partition coefficient (Wildman–Crippen LogP) is 3.83. The number of nitrogens with one attached hydrogen (secondary N) is 1. The number of aryl methyl sites for hydroxylation is 1. The van der Waals surface area contributed by atoms with E-state index in [0.717, 1.165) is 6.42 Å². The molecule has 3 N–H and O–H groups in total. The molecule has 0 aliphatic carbocycles. The Labute approximate surface area is 112 Å². The quantitative estimate of drug-likeness (QED) is 0.850. The van der Waals surface area contributed by atoms with Gasteiger partial charge in [-0.2, -0.15) is 0 Å². The van der Waals surface area contributed by atoms with Crippen molar-refractivity contribution in [3.05, 3.63) is 29.3 Å². The van der Waals surface area contributed by atoms with Gasteiger partial charge in [0.05, 0.1) is 0 Å². The van der Waals surface area contributed by atoms with E-state index in [2.05, 4.69) is 65.1 Å². The van der Waals surface area contributed by atoms with Crippen LogP contribution in [-0.4, -0.2) is 12.1 Å². The minimum absolute atomic E-state index is 0.0444. The molecule has 0 amide bonds. The monoisotopic (exact) mass is 248 g/mol. The third-order valence-electron chi connectivity index (χ3n) is 3.33. The highest BCUT2D eigenvalue weighted by molar-refractivity contribution is 5.54. The van der Waals surface area contributed by atoms with Crippen LogP contribution in [0, 0.1) is 6.92 Å². The van der Waals surface area contributed by atoms with Crippen molar-refractivity contribution in [1.82, 2.24) is 0 Å². The molecule has 0 bridgehead atoms. The van der Waals surface area contributed by atoms with E-state index < -0.39 is 0 Å². The smallest absolute Gasteiger partial charge is 0.0374 e. The lowest BCUT2D eigenvalue weighted by Gasteiger charge is -2.29. The molecule has 0 radical (unpaired) electrons. The van der Waals surface area contributed by atoms with E-state index in [1.165, 1.54) is 16.8 Å². The summed E-state index contributed by atoms with van der Waals surface area (Å²) in [6.07, 6.45) is 0.966. The normalized spacial score (nSPS) is 12.6. The molecule has 0 atom stereocenters. The van der Waals surface area contributed by atoms with Gasteiger partial charge in [0, 0.05) is 11.2 Å². The van der Waals surface area contributed by atoms with Crippen LogP contribution in [-0.2, 0) is 5.41 Å². The molecule has 0 aliphatic rings. The van der Waals surface area contributed by atoms with Crippen LogP contribution in [0.2, 0.25) is 0 Å². The van der Waals surface area contributed by atoms with Gasteiger partial charge in [-0.15, -0.1) is 0 Å². The van der Waals surface area contributed by atoms with Gasteiger partial charge in [0.1, 0.15) is 0 Å². The lowest BCUT2D eigenvalue weighted by Crippen LogP contribution is -2.33. The Morgan fingerprint density at radius 1 is 1.11 bits per heavy atom. The summed E-state index contributed by atoms with van der Waals surface area (Å²) < 4.78 is 0. The Hall–Kier alpha value is -1.02. The molecule has 102 valence electrons. The number of rotatable bonds is 4. The van der Waals surface area contributed by atoms with Crippen LogP contribution in [0.5, 0.6) is 0 Å². The van der Waals surface area contributed by atoms with E-state index in [9.17, 15) is 0 Å². The van der Waals surface area contributed by atoms with Crippen molar-refractivity contribution in [1.29, 1.82) is 0 Å². The molecule has 0 saturated heterocycles. The first-order chi connectivity index (χ1) is 8.15. The summed E-state index contributed by atoms with van der Waals surface area (Å²) in [4.78, 5) is 0. The standard InChI is InChI=1S/C16H28N2/c1-12-11-13(15(2,3)4)7-8-14(12)18-16(5,6)9-10-17/h7-8,11,18H,9-10,17H2,1-6H3. The van der Waals surface area contributed by atoms with Crippen molar-refractivity contribution in [2.24, 2.45) is 5.73 Å². The molecule has 0 unspecified atom stereocenters. The average molecular weight is 248 g/mol. The zero-order valence-electron chi connectivity index (χ0n) is 12.7. The zero-order chi connectivity index (χ0) is 14.0. The average Bonchev–Trinajstić information content (AvgIpc) is 2.19. The Morgan fingerprint density at radius 2 is 1.72 bits per heavy atom.